The van der Waals surface area contributed by atoms with Crippen molar-refractivity contribution in [2.24, 2.45) is 0 Å². The number of hydrogen-bond acceptors (Lipinski definition) is 6. The highest BCUT2D eigenvalue weighted by molar-refractivity contribution is 7.16. The van der Waals surface area contributed by atoms with E-state index in [-0.39, 0.29) is 23.7 Å². The molecule has 0 unspecified atom stereocenters. The van der Waals surface area contributed by atoms with Crippen molar-refractivity contribution < 1.29 is 5.11 Å². The van der Waals surface area contributed by atoms with Gasteiger partial charge in [-0.3, -0.25) is 14.3 Å². The second-order valence-electron chi connectivity index (χ2n) is 8.25. The molecule has 5 rings (SSSR count). The summed E-state index contributed by atoms with van der Waals surface area (Å²) >= 11 is 1.56. The first-order valence-electron chi connectivity index (χ1n) is 11.3. The highest BCUT2D eigenvalue weighted by Gasteiger charge is 2.22. The van der Waals surface area contributed by atoms with Crippen LogP contribution in [0.4, 0.5) is 0 Å². The van der Waals surface area contributed by atoms with E-state index in [4.69, 9.17) is 4.98 Å². The average molecular weight is 517 g/mol. The van der Waals surface area contributed by atoms with Gasteiger partial charge >= 0.3 is 0 Å². The van der Waals surface area contributed by atoms with E-state index in [0.29, 0.717) is 35.7 Å². The molecule has 0 spiro atoms. The summed E-state index contributed by atoms with van der Waals surface area (Å²) in [4.78, 5) is 29.5. The van der Waals surface area contributed by atoms with Crippen molar-refractivity contribution in [3.05, 3.63) is 106 Å². The van der Waals surface area contributed by atoms with Crippen LogP contribution in [-0.4, -0.2) is 24.6 Å². The number of aryl methyl sites for hydroxylation is 3. The van der Waals surface area contributed by atoms with Gasteiger partial charge in [-0.25, -0.2) is 9.97 Å². The number of aromatic hydroxyl groups is 1. The predicted octanol–water partition coefficient (Wildman–Crippen LogP) is 6.08. The summed E-state index contributed by atoms with van der Waals surface area (Å²) in [7, 11) is 0. The fourth-order valence-electron chi connectivity index (χ4n) is 4.17. The molecule has 1 N–H and O–H groups in total. The van der Waals surface area contributed by atoms with E-state index in [1.807, 2.05) is 68.4 Å². The molecule has 0 saturated carbocycles. The first-order valence-corrected chi connectivity index (χ1v) is 12.2. The summed E-state index contributed by atoms with van der Waals surface area (Å²) in [6.45, 7) is 4.28. The van der Waals surface area contributed by atoms with Gasteiger partial charge in [0.05, 0.1) is 17.0 Å². The highest BCUT2D eigenvalue weighted by Crippen LogP contribution is 2.36. The van der Waals surface area contributed by atoms with Gasteiger partial charge in [-0.05, 0) is 56.2 Å². The van der Waals surface area contributed by atoms with Crippen LogP contribution >= 0.6 is 23.7 Å². The number of halogens is 1. The lowest BCUT2D eigenvalue weighted by Gasteiger charge is -2.16. The molecule has 4 aromatic heterocycles. The molecule has 0 atom stereocenters. The predicted molar refractivity (Wildman–Crippen MR) is 147 cm³/mol. The van der Waals surface area contributed by atoms with Crippen LogP contribution in [0.5, 0.6) is 5.75 Å². The lowest BCUT2D eigenvalue weighted by Crippen LogP contribution is -2.27. The van der Waals surface area contributed by atoms with Gasteiger partial charge in [0.25, 0.3) is 5.56 Å². The normalized spacial score (nSPS) is 10.7. The van der Waals surface area contributed by atoms with Gasteiger partial charge in [-0.15, -0.1) is 23.7 Å². The van der Waals surface area contributed by atoms with Crippen LogP contribution in [0.25, 0.3) is 33.2 Å². The van der Waals surface area contributed by atoms with Gasteiger partial charge in [-0.2, -0.15) is 0 Å². The first-order chi connectivity index (χ1) is 17.0. The Bertz CT molecular complexity index is 1550. The minimum absolute atomic E-state index is 0. The molecule has 0 saturated heterocycles. The fourth-order valence-corrected chi connectivity index (χ4v) is 5.29. The van der Waals surface area contributed by atoms with Crippen LogP contribution in [0, 0.1) is 13.8 Å². The van der Waals surface area contributed by atoms with Crippen LogP contribution < -0.4 is 5.56 Å². The molecule has 0 aliphatic rings. The summed E-state index contributed by atoms with van der Waals surface area (Å²) in [6, 6.07) is 21.0. The van der Waals surface area contributed by atoms with Gasteiger partial charge in [0.1, 0.15) is 11.4 Å². The second-order valence-corrected chi connectivity index (χ2v) is 9.51. The van der Waals surface area contributed by atoms with E-state index in [1.165, 1.54) is 0 Å². The molecule has 0 bridgehead atoms. The SMILES string of the molecule is Cc1nc(-c2ncccc2O)n(CCc2ccccc2)c(=O)c1-c1cc(-c2ccccn2)c(C)s1.Cl. The Balaban J connectivity index is 0.00000304. The van der Waals surface area contributed by atoms with Gasteiger partial charge < -0.3 is 5.11 Å². The summed E-state index contributed by atoms with van der Waals surface area (Å²) in [5, 5.41) is 10.5. The van der Waals surface area contributed by atoms with Crippen LogP contribution in [-0.2, 0) is 13.0 Å². The Morgan fingerprint density at radius 1 is 0.944 bits per heavy atom. The van der Waals surface area contributed by atoms with Crippen molar-refractivity contribution in [1.29, 1.82) is 0 Å². The van der Waals surface area contributed by atoms with Crippen molar-refractivity contribution in [3.63, 3.8) is 0 Å². The van der Waals surface area contributed by atoms with Gasteiger partial charge in [0, 0.05) is 34.3 Å². The lowest BCUT2D eigenvalue weighted by molar-refractivity contribution is 0.473. The van der Waals surface area contributed by atoms with Crippen LogP contribution in [0.2, 0.25) is 0 Å². The Morgan fingerprint density at radius 3 is 2.42 bits per heavy atom. The molecular weight excluding hydrogens is 492 g/mol. The third-order valence-electron chi connectivity index (χ3n) is 5.92. The molecular formula is C28H25ClN4O2S. The lowest BCUT2D eigenvalue weighted by atomic mass is 10.1. The zero-order chi connectivity index (χ0) is 24.4. The number of aromatic nitrogens is 4. The molecule has 0 amide bonds. The number of pyridine rings is 2. The maximum Gasteiger partial charge on any atom is 0.262 e. The molecule has 0 aliphatic carbocycles. The van der Waals surface area contributed by atoms with Gasteiger partial charge in [-0.1, -0.05) is 36.4 Å². The third kappa shape index (κ3) is 4.94. The zero-order valence-electron chi connectivity index (χ0n) is 19.9. The van der Waals surface area contributed by atoms with Crippen LogP contribution in [0.15, 0.2) is 83.9 Å². The molecule has 5 aromatic rings. The van der Waals surface area contributed by atoms with Crippen LogP contribution in [0.3, 0.4) is 0 Å². The Kier molecular flexibility index (Phi) is 7.62. The van der Waals surface area contributed by atoms with E-state index in [2.05, 4.69) is 9.97 Å². The maximum absolute atomic E-state index is 14.0. The highest BCUT2D eigenvalue weighted by atomic mass is 35.5. The van der Waals surface area contributed by atoms with Crippen molar-refractivity contribution in [2.45, 2.75) is 26.8 Å². The van der Waals surface area contributed by atoms with Gasteiger partial charge in [0.15, 0.2) is 5.82 Å². The number of rotatable bonds is 6. The van der Waals surface area contributed by atoms with E-state index in [1.54, 1.807) is 40.4 Å². The van der Waals surface area contributed by atoms with Crippen molar-refractivity contribution >= 4 is 23.7 Å². The first kappa shape index (κ1) is 25.3. The topological polar surface area (TPSA) is 80.9 Å². The van der Waals surface area contributed by atoms with E-state index in [0.717, 1.165) is 26.6 Å². The van der Waals surface area contributed by atoms with Crippen molar-refractivity contribution in [2.75, 3.05) is 0 Å². The summed E-state index contributed by atoms with van der Waals surface area (Å²) < 4.78 is 1.63. The molecule has 8 heteroatoms. The molecule has 0 radical (unpaired) electrons. The van der Waals surface area contributed by atoms with E-state index < -0.39 is 0 Å². The molecule has 1 aromatic carbocycles. The number of hydrogen-bond donors (Lipinski definition) is 1. The molecule has 0 fully saturated rings. The van der Waals surface area contributed by atoms with Crippen LogP contribution in [0.1, 0.15) is 16.1 Å². The maximum atomic E-state index is 14.0. The third-order valence-corrected chi connectivity index (χ3v) is 6.99. The smallest absolute Gasteiger partial charge is 0.262 e. The fraction of sp³-hybridized carbons (Fsp3) is 0.143. The molecule has 36 heavy (non-hydrogen) atoms. The quantitative estimate of drug-likeness (QED) is 0.295. The minimum atomic E-state index is -0.151. The summed E-state index contributed by atoms with van der Waals surface area (Å²) in [5.74, 6) is 0.355. The Morgan fingerprint density at radius 2 is 1.69 bits per heavy atom. The zero-order valence-corrected chi connectivity index (χ0v) is 21.5. The molecule has 182 valence electrons. The van der Waals surface area contributed by atoms with Crippen molar-refractivity contribution in [3.8, 4) is 39.0 Å². The standard InChI is InChI=1S/C28H24N4O2S.ClH/c1-18-25(24-17-21(19(2)35-24)22-11-6-7-14-29-22)28(34)32(16-13-20-9-4-3-5-10-20)27(31-18)26-23(33)12-8-15-30-26;/h3-12,14-15,17,33H,13,16H2,1-2H3;1H. The number of thiophene rings is 1. The Hall–Kier alpha value is -3.81. The van der Waals surface area contributed by atoms with Gasteiger partial charge in [0.2, 0.25) is 0 Å². The summed E-state index contributed by atoms with van der Waals surface area (Å²) in [5.41, 5.74) is 4.30. The second kappa shape index (κ2) is 10.8. The molecule has 4 heterocycles. The molecule has 0 aliphatic heterocycles. The minimum Gasteiger partial charge on any atom is -0.506 e. The monoisotopic (exact) mass is 516 g/mol. The van der Waals surface area contributed by atoms with Crippen molar-refractivity contribution in [1.82, 2.24) is 19.5 Å². The van der Waals surface area contributed by atoms with E-state index >= 15 is 0 Å². The largest absolute Gasteiger partial charge is 0.506 e. The molecule has 6 nitrogen and oxygen atoms in total. The average Bonchev–Trinajstić information content (AvgIpc) is 3.25. The number of nitrogens with zero attached hydrogens (tertiary/aromatic N) is 4. The van der Waals surface area contributed by atoms with E-state index in [9.17, 15) is 9.90 Å². The Labute approximate surface area is 219 Å². The number of benzene rings is 1. The summed E-state index contributed by atoms with van der Waals surface area (Å²) in [6.07, 6.45) is 4.01.